The van der Waals surface area contributed by atoms with E-state index in [1.807, 2.05) is 12.1 Å². The molecule has 0 fully saturated rings. The molecule has 0 saturated carbocycles. The van der Waals surface area contributed by atoms with Gasteiger partial charge in [-0.25, -0.2) is 4.68 Å². The number of amides is 2. The van der Waals surface area contributed by atoms with Crippen LogP contribution >= 0.6 is 34.8 Å². The quantitative estimate of drug-likeness (QED) is 0.103. The zero-order valence-corrected chi connectivity index (χ0v) is 32.6. The van der Waals surface area contributed by atoms with Gasteiger partial charge in [-0.3, -0.25) is 19.5 Å². The molecule has 2 amide bonds. The third kappa shape index (κ3) is 9.19. The van der Waals surface area contributed by atoms with Crippen LogP contribution in [0.2, 0.25) is 15.1 Å². The van der Waals surface area contributed by atoms with E-state index in [0.717, 1.165) is 23.1 Å². The van der Waals surface area contributed by atoms with Crippen molar-refractivity contribution in [3.63, 3.8) is 0 Å². The summed E-state index contributed by atoms with van der Waals surface area (Å²) in [5.74, 6) is -0.416. The number of carbonyl (C=O) groups is 2. The molecule has 5 aromatic rings. The summed E-state index contributed by atoms with van der Waals surface area (Å²) in [5, 5.41) is 17.1. The van der Waals surface area contributed by atoms with Gasteiger partial charge in [0.2, 0.25) is 0 Å². The number of carbonyl (C=O) groups excluding carboxylic acids is 2. The van der Waals surface area contributed by atoms with E-state index in [1.165, 1.54) is 23.8 Å². The molecule has 5 rings (SSSR count). The van der Waals surface area contributed by atoms with Crippen molar-refractivity contribution < 1.29 is 14.3 Å². The molecule has 53 heavy (non-hydrogen) atoms. The summed E-state index contributed by atoms with van der Waals surface area (Å²) in [6.07, 6.45) is 1.87. The van der Waals surface area contributed by atoms with E-state index in [1.54, 1.807) is 42.5 Å². The minimum absolute atomic E-state index is 0.00295. The second kappa shape index (κ2) is 16.4. The lowest BCUT2D eigenvalue weighted by Crippen LogP contribution is -2.24. The van der Waals surface area contributed by atoms with Crippen molar-refractivity contribution in [2.24, 2.45) is 10.2 Å². The fourth-order valence-corrected chi connectivity index (χ4v) is 6.37. The van der Waals surface area contributed by atoms with Gasteiger partial charge in [0.05, 0.1) is 15.7 Å². The number of azo groups is 1. The number of aromatic nitrogens is 2. The number of nitrogens with zero attached hydrogens (tertiary/aromatic N) is 3. The second-order valence-electron chi connectivity index (χ2n) is 13.8. The molecule has 0 spiro atoms. The molecular formula is C40H41Cl3N6O4. The van der Waals surface area contributed by atoms with Crippen LogP contribution in [0.4, 0.5) is 22.9 Å². The Morgan fingerprint density at radius 1 is 0.811 bits per heavy atom. The van der Waals surface area contributed by atoms with Crippen molar-refractivity contribution in [1.82, 2.24) is 9.78 Å². The standard InChI is InChI=1S/C40H41Cl3N6O4/c1-7-39(3,4)25-17-18-32(29(20-25)40(5,6)8-2)53-23-33(50)44-28-16-12-13-24(19-28)37(51)45-36-34(47-46-27-14-10-9-11-15-27)38(52)49(48-36)35-30(42)21-26(41)22-31(35)43/h9-22,48H,7-8,23H2,1-6H3,(H,44,50)(H,45,51). The molecule has 1 aromatic heterocycles. The van der Waals surface area contributed by atoms with Gasteiger partial charge >= 0.3 is 5.56 Å². The topological polar surface area (TPSA) is 130 Å². The van der Waals surface area contributed by atoms with Crippen molar-refractivity contribution in [1.29, 1.82) is 0 Å². The zero-order valence-electron chi connectivity index (χ0n) is 30.3. The summed E-state index contributed by atoms with van der Waals surface area (Å²) < 4.78 is 7.14. The molecule has 0 aliphatic carbocycles. The highest BCUT2D eigenvalue weighted by molar-refractivity contribution is 6.40. The molecule has 0 radical (unpaired) electrons. The molecule has 0 aliphatic rings. The van der Waals surface area contributed by atoms with Gasteiger partial charge in [-0.1, -0.05) is 113 Å². The Kier molecular flexibility index (Phi) is 12.2. The van der Waals surface area contributed by atoms with Crippen molar-refractivity contribution in [2.75, 3.05) is 17.2 Å². The molecule has 4 aromatic carbocycles. The minimum Gasteiger partial charge on any atom is -0.483 e. The van der Waals surface area contributed by atoms with Crippen LogP contribution in [0.25, 0.3) is 5.69 Å². The number of rotatable bonds is 13. The molecule has 10 nitrogen and oxygen atoms in total. The number of anilines is 2. The Hall–Kier alpha value is -4.90. The van der Waals surface area contributed by atoms with E-state index in [2.05, 4.69) is 79.6 Å². The van der Waals surface area contributed by atoms with Crippen LogP contribution in [0.15, 0.2) is 100.0 Å². The van der Waals surface area contributed by atoms with E-state index in [-0.39, 0.29) is 55.3 Å². The largest absolute Gasteiger partial charge is 0.483 e. The zero-order chi connectivity index (χ0) is 38.5. The van der Waals surface area contributed by atoms with Crippen molar-refractivity contribution in [3.05, 3.63) is 127 Å². The van der Waals surface area contributed by atoms with Gasteiger partial charge < -0.3 is 15.4 Å². The smallest absolute Gasteiger partial charge is 0.301 e. The van der Waals surface area contributed by atoms with Crippen LogP contribution in [-0.4, -0.2) is 28.2 Å². The number of hydrogen-bond donors (Lipinski definition) is 3. The lowest BCUT2D eigenvalue weighted by Gasteiger charge is -2.30. The van der Waals surface area contributed by atoms with Gasteiger partial charge in [0.15, 0.2) is 18.1 Å². The first kappa shape index (κ1) is 39.3. The number of aromatic amines is 1. The average molecular weight is 776 g/mol. The number of H-pyrrole nitrogens is 1. The van der Waals surface area contributed by atoms with Crippen LogP contribution < -0.4 is 20.9 Å². The van der Waals surface area contributed by atoms with Crippen LogP contribution in [0.5, 0.6) is 5.75 Å². The van der Waals surface area contributed by atoms with Crippen LogP contribution in [0, 0.1) is 0 Å². The van der Waals surface area contributed by atoms with E-state index >= 15 is 0 Å². The van der Waals surface area contributed by atoms with E-state index in [9.17, 15) is 14.4 Å². The summed E-state index contributed by atoms with van der Waals surface area (Å²) >= 11 is 18.9. The van der Waals surface area contributed by atoms with E-state index in [0.29, 0.717) is 17.1 Å². The maximum atomic E-state index is 13.6. The Morgan fingerprint density at radius 2 is 1.49 bits per heavy atom. The van der Waals surface area contributed by atoms with Gasteiger partial charge in [-0.15, -0.1) is 5.11 Å². The number of benzene rings is 4. The van der Waals surface area contributed by atoms with Crippen molar-refractivity contribution in [2.45, 2.75) is 65.2 Å². The maximum absolute atomic E-state index is 13.6. The van der Waals surface area contributed by atoms with Gasteiger partial charge in [-0.05, 0) is 77.8 Å². The summed E-state index contributed by atoms with van der Waals surface area (Å²) in [7, 11) is 0. The molecule has 3 N–H and O–H groups in total. The third-order valence-corrected chi connectivity index (χ3v) is 10.2. The van der Waals surface area contributed by atoms with Crippen LogP contribution in [-0.2, 0) is 15.6 Å². The Labute approximate surface area is 323 Å². The summed E-state index contributed by atoms with van der Waals surface area (Å²) in [4.78, 5) is 40.3. The maximum Gasteiger partial charge on any atom is 0.301 e. The normalized spacial score (nSPS) is 11.9. The molecule has 0 saturated heterocycles. The van der Waals surface area contributed by atoms with Crippen molar-refractivity contribution in [3.8, 4) is 11.4 Å². The Balaban J connectivity index is 1.36. The molecule has 0 unspecified atom stereocenters. The number of nitrogens with one attached hydrogen (secondary N) is 3. The fraction of sp³-hybridized carbons (Fsp3) is 0.275. The Bertz CT molecular complexity index is 2200. The molecule has 0 aliphatic heterocycles. The van der Waals surface area contributed by atoms with Crippen molar-refractivity contribution >= 4 is 69.5 Å². The SMILES string of the molecule is CCC(C)(C)c1ccc(OCC(=O)Nc2cccc(C(=O)Nc3[nH]n(-c4c(Cl)cc(Cl)cc4Cl)c(=O)c3N=Nc3ccccc3)c2)c(C(C)(C)CC)c1. The van der Waals surface area contributed by atoms with E-state index < -0.39 is 17.4 Å². The first-order valence-electron chi connectivity index (χ1n) is 17.1. The minimum atomic E-state index is -0.679. The predicted molar refractivity (Wildman–Crippen MR) is 214 cm³/mol. The number of ether oxygens (including phenoxy) is 1. The average Bonchev–Trinajstić information content (AvgIpc) is 3.42. The lowest BCUT2D eigenvalue weighted by molar-refractivity contribution is -0.118. The monoisotopic (exact) mass is 774 g/mol. The fourth-order valence-electron chi connectivity index (χ4n) is 5.38. The molecule has 276 valence electrons. The molecule has 1 heterocycles. The molecular weight excluding hydrogens is 735 g/mol. The van der Waals surface area contributed by atoms with Gasteiger partial charge in [-0.2, -0.15) is 5.11 Å². The predicted octanol–water partition coefficient (Wildman–Crippen LogP) is 11.2. The molecule has 0 bridgehead atoms. The molecule has 13 heteroatoms. The summed E-state index contributed by atoms with van der Waals surface area (Å²) in [6.45, 7) is 12.8. The van der Waals surface area contributed by atoms with Crippen LogP contribution in [0.3, 0.4) is 0 Å². The molecule has 0 atom stereocenters. The first-order valence-corrected chi connectivity index (χ1v) is 18.2. The number of hydrogen-bond acceptors (Lipinski definition) is 6. The van der Waals surface area contributed by atoms with Gasteiger partial charge in [0.1, 0.15) is 11.4 Å². The van der Waals surface area contributed by atoms with Gasteiger partial charge in [0.25, 0.3) is 11.8 Å². The number of halogens is 3. The highest BCUT2D eigenvalue weighted by atomic mass is 35.5. The third-order valence-electron chi connectivity index (χ3n) is 9.36. The van der Waals surface area contributed by atoms with E-state index in [4.69, 9.17) is 39.5 Å². The highest BCUT2D eigenvalue weighted by Crippen LogP contribution is 2.39. The Morgan fingerprint density at radius 3 is 2.15 bits per heavy atom. The highest BCUT2D eigenvalue weighted by Gasteiger charge is 2.27. The second-order valence-corrected chi connectivity index (χ2v) is 15.0. The van der Waals surface area contributed by atoms with Crippen LogP contribution in [0.1, 0.15) is 75.9 Å². The summed E-state index contributed by atoms with van der Waals surface area (Å²) in [5.41, 5.74) is 2.35. The first-order chi connectivity index (χ1) is 25.1. The lowest BCUT2D eigenvalue weighted by atomic mass is 9.76. The summed E-state index contributed by atoms with van der Waals surface area (Å²) in [6, 6.07) is 24.2. The van der Waals surface area contributed by atoms with Gasteiger partial charge in [0, 0.05) is 21.8 Å².